The van der Waals surface area contributed by atoms with Gasteiger partial charge in [-0.2, -0.15) is 0 Å². The summed E-state index contributed by atoms with van der Waals surface area (Å²) in [7, 11) is 0. The first-order valence-electron chi connectivity index (χ1n) is 7.50. The van der Waals surface area contributed by atoms with Crippen molar-refractivity contribution < 1.29 is 9.18 Å². The van der Waals surface area contributed by atoms with E-state index in [1.165, 1.54) is 17.7 Å². The molecule has 1 unspecified atom stereocenters. The van der Waals surface area contributed by atoms with Crippen molar-refractivity contribution in [2.45, 2.75) is 32.4 Å². The fourth-order valence-corrected chi connectivity index (χ4v) is 2.82. The van der Waals surface area contributed by atoms with Crippen LogP contribution in [-0.4, -0.2) is 6.03 Å². The molecule has 0 aliphatic heterocycles. The van der Waals surface area contributed by atoms with Crippen molar-refractivity contribution in [2.75, 3.05) is 0 Å². The van der Waals surface area contributed by atoms with Crippen molar-refractivity contribution in [1.29, 1.82) is 0 Å². The maximum atomic E-state index is 13.3. The predicted octanol–water partition coefficient (Wildman–Crippen LogP) is 3.62. The highest BCUT2D eigenvalue weighted by Crippen LogP contribution is 2.31. The van der Waals surface area contributed by atoms with Crippen molar-refractivity contribution in [3.8, 4) is 0 Å². The summed E-state index contributed by atoms with van der Waals surface area (Å²) in [4.78, 5) is 12.0. The molecule has 3 nitrogen and oxygen atoms in total. The summed E-state index contributed by atoms with van der Waals surface area (Å²) in [6.07, 6.45) is 1.69. The Morgan fingerprint density at radius 3 is 2.77 bits per heavy atom. The molecule has 0 saturated carbocycles. The molecule has 1 aliphatic rings. The van der Waals surface area contributed by atoms with E-state index in [1.807, 2.05) is 31.2 Å². The van der Waals surface area contributed by atoms with Crippen molar-refractivity contribution >= 4 is 6.03 Å². The lowest BCUT2D eigenvalue weighted by atomic mass is 10.1. The molecule has 4 heteroatoms. The van der Waals surface area contributed by atoms with Crippen LogP contribution in [0.25, 0.3) is 0 Å². The molecule has 0 heterocycles. The summed E-state index contributed by atoms with van der Waals surface area (Å²) in [5, 5.41) is 5.77. The molecule has 114 valence electrons. The van der Waals surface area contributed by atoms with E-state index in [9.17, 15) is 9.18 Å². The molecular weight excluding hydrogens is 279 g/mol. The van der Waals surface area contributed by atoms with E-state index in [0.717, 1.165) is 29.5 Å². The Morgan fingerprint density at radius 1 is 1.23 bits per heavy atom. The Bertz CT molecular complexity index is 682. The first-order chi connectivity index (χ1) is 10.6. The number of aryl methyl sites for hydroxylation is 2. The molecule has 1 aliphatic carbocycles. The molecule has 3 rings (SSSR count). The molecule has 2 aromatic carbocycles. The monoisotopic (exact) mass is 298 g/mol. The first-order valence-corrected chi connectivity index (χ1v) is 7.50. The Hall–Kier alpha value is -2.36. The van der Waals surface area contributed by atoms with Gasteiger partial charge in [0.25, 0.3) is 0 Å². The summed E-state index contributed by atoms with van der Waals surface area (Å²) in [5.74, 6) is -0.257. The summed E-state index contributed by atoms with van der Waals surface area (Å²) in [5.41, 5.74) is 4.26. The zero-order valence-corrected chi connectivity index (χ0v) is 12.5. The number of benzene rings is 2. The number of carbonyl (C=O) groups excluding carboxylic acids is 1. The van der Waals surface area contributed by atoms with Gasteiger partial charge in [-0.3, -0.25) is 0 Å². The highest BCUT2D eigenvalue weighted by molar-refractivity contribution is 5.74. The minimum Gasteiger partial charge on any atom is -0.334 e. The topological polar surface area (TPSA) is 41.1 Å². The molecule has 0 fully saturated rings. The second kappa shape index (κ2) is 6.18. The second-order valence-electron chi connectivity index (χ2n) is 5.75. The van der Waals surface area contributed by atoms with Crippen LogP contribution in [0.1, 0.15) is 34.7 Å². The van der Waals surface area contributed by atoms with Crippen molar-refractivity contribution in [2.24, 2.45) is 0 Å². The molecule has 2 N–H and O–H groups in total. The van der Waals surface area contributed by atoms with Gasteiger partial charge >= 0.3 is 6.03 Å². The van der Waals surface area contributed by atoms with E-state index in [0.29, 0.717) is 6.54 Å². The Kier molecular flexibility index (Phi) is 4.09. The molecule has 0 spiro atoms. The molecule has 2 amide bonds. The minimum atomic E-state index is -0.257. The normalized spacial score (nSPS) is 16.2. The number of hydrogen-bond donors (Lipinski definition) is 2. The third kappa shape index (κ3) is 3.27. The summed E-state index contributed by atoms with van der Waals surface area (Å²) < 4.78 is 13.3. The van der Waals surface area contributed by atoms with Crippen LogP contribution in [0.15, 0.2) is 42.5 Å². The van der Waals surface area contributed by atoms with Gasteiger partial charge in [-0.25, -0.2) is 9.18 Å². The number of rotatable bonds is 3. The van der Waals surface area contributed by atoms with E-state index in [1.54, 1.807) is 6.07 Å². The molecule has 0 radical (unpaired) electrons. The van der Waals surface area contributed by atoms with Crippen molar-refractivity contribution in [3.05, 3.63) is 70.5 Å². The maximum absolute atomic E-state index is 13.3. The number of amides is 2. The maximum Gasteiger partial charge on any atom is 0.315 e. The van der Waals surface area contributed by atoms with Gasteiger partial charge in [0.15, 0.2) is 0 Å². The fraction of sp³-hybridized carbons (Fsp3) is 0.278. The average Bonchev–Trinajstić information content (AvgIpc) is 2.89. The summed E-state index contributed by atoms with van der Waals surface area (Å²) in [6.45, 7) is 2.51. The van der Waals surface area contributed by atoms with E-state index < -0.39 is 0 Å². The number of carbonyl (C=O) groups is 1. The van der Waals surface area contributed by atoms with E-state index in [2.05, 4.69) is 10.6 Å². The average molecular weight is 298 g/mol. The van der Waals surface area contributed by atoms with Gasteiger partial charge in [0.1, 0.15) is 5.82 Å². The van der Waals surface area contributed by atoms with Gasteiger partial charge in [0, 0.05) is 6.54 Å². The highest BCUT2D eigenvalue weighted by atomic mass is 19.1. The predicted molar refractivity (Wildman–Crippen MR) is 84.0 cm³/mol. The zero-order chi connectivity index (χ0) is 15.5. The van der Waals surface area contributed by atoms with Gasteiger partial charge < -0.3 is 10.6 Å². The van der Waals surface area contributed by atoms with Crippen molar-refractivity contribution in [1.82, 2.24) is 10.6 Å². The number of urea groups is 1. The van der Waals surface area contributed by atoms with Crippen LogP contribution >= 0.6 is 0 Å². The van der Waals surface area contributed by atoms with Gasteiger partial charge in [-0.05, 0) is 48.6 Å². The third-order valence-corrected chi connectivity index (χ3v) is 4.06. The van der Waals surface area contributed by atoms with Gasteiger partial charge in [0.05, 0.1) is 6.04 Å². The van der Waals surface area contributed by atoms with Crippen LogP contribution in [0.3, 0.4) is 0 Å². The van der Waals surface area contributed by atoms with Crippen molar-refractivity contribution in [3.63, 3.8) is 0 Å². The zero-order valence-electron chi connectivity index (χ0n) is 12.5. The number of nitrogens with one attached hydrogen (secondary N) is 2. The van der Waals surface area contributed by atoms with Crippen LogP contribution in [0.5, 0.6) is 0 Å². The van der Waals surface area contributed by atoms with E-state index in [4.69, 9.17) is 0 Å². The summed E-state index contributed by atoms with van der Waals surface area (Å²) >= 11 is 0. The van der Waals surface area contributed by atoms with Gasteiger partial charge in [-0.1, -0.05) is 35.9 Å². The lowest BCUT2D eigenvalue weighted by Gasteiger charge is -2.15. The lowest BCUT2D eigenvalue weighted by Crippen LogP contribution is -2.36. The number of halogens is 1. The van der Waals surface area contributed by atoms with E-state index >= 15 is 0 Å². The summed E-state index contributed by atoms with van der Waals surface area (Å²) in [6, 6.07) is 12.5. The first kappa shape index (κ1) is 14.6. The third-order valence-electron chi connectivity index (χ3n) is 4.06. The standard InChI is InChI=1S/C18H19FN2O/c1-12-2-4-13(5-3-12)11-20-18(22)21-17-9-7-14-6-8-15(19)10-16(14)17/h2-6,8,10,17H,7,9,11H2,1H3,(H2,20,21,22). The molecule has 2 aromatic rings. The Balaban J connectivity index is 1.57. The molecule has 1 atom stereocenters. The largest absolute Gasteiger partial charge is 0.334 e. The van der Waals surface area contributed by atoms with Gasteiger partial charge in [0.2, 0.25) is 0 Å². The van der Waals surface area contributed by atoms with Crippen LogP contribution in [-0.2, 0) is 13.0 Å². The van der Waals surface area contributed by atoms with Crippen LogP contribution in [0.4, 0.5) is 9.18 Å². The molecule has 0 aromatic heterocycles. The SMILES string of the molecule is Cc1ccc(CNC(=O)NC2CCc3ccc(F)cc32)cc1. The van der Waals surface area contributed by atoms with Crippen LogP contribution in [0.2, 0.25) is 0 Å². The minimum absolute atomic E-state index is 0.108. The molecule has 0 saturated heterocycles. The Labute approximate surface area is 129 Å². The number of hydrogen-bond acceptors (Lipinski definition) is 1. The number of fused-ring (bicyclic) bond motifs is 1. The smallest absolute Gasteiger partial charge is 0.315 e. The van der Waals surface area contributed by atoms with E-state index in [-0.39, 0.29) is 17.9 Å². The molecular formula is C18H19FN2O. The fourth-order valence-electron chi connectivity index (χ4n) is 2.82. The quantitative estimate of drug-likeness (QED) is 0.893. The lowest BCUT2D eigenvalue weighted by molar-refractivity contribution is 0.236. The van der Waals surface area contributed by atoms with Gasteiger partial charge in [-0.15, -0.1) is 0 Å². The second-order valence-corrected chi connectivity index (χ2v) is 5.75. The Morgan fingerprint density at radius 2 is 2.00 bits per heavy atom. The molecule has 22 heavy (non-hydrogen) atoms. The molecule has 0 bridgehead atoms. The van der Waals surface area contributed by atoms with Crippen LogP contribution < -0.4 is 10.6 Å². The van der Waals surface area contributed by atoms with Crippen LogP contribution in [0, 0.1) is 12.7 Å². The highest BCUT2D eigenvalue weighted by Gasteiger charge is 2.24.